The quantitative estimate of drug-likeness (QED) is 0.666. The highest BCUT2D eigenvalue weighted by molar-refractivity contribution is 5.70. The van der Waals surface area contributed by atoms with Gasteiger partial charge in [-0.1, -0.05) is 13.0 Å². The standard InChI is InChI=1S/C12H21NO2/c1-5-10-8-6-7-9-13(10)11(14)15-12(2,3)4/h8H,5-7,9H2,1-4H3. The molecule has 0 aromatic rings. The molecule has 0 N–H and O–H groups in total. The molecule has 0 saturated carbocycles. The van der Waals surface area contributed by atoms with Crippen LogP contribution in [0, 0.1) is 0 Å². The molecule has 0 radical (unpaired) electrons. The number of ether oxygens (including phenoxy) is 1. The molecule has 3 nitrogen and oxygen atoms in total. The van der Waals surface area contributed by atoms with Crippen molar-refractivity contribution < 1.29 is 9.53 Å². The Kier molecular flexibility index (Phi) is 3.77. The number of rotatable bonds is 1. The molecule has 0 saturated heterocycles. The van der Waals surface area contributed by atoms with E-state index in [2.05, 4.69) is 13.0 Å². The number of amides is 1. The molecule has 3 heteroatoms. The summed E-state index contributed by atoms with van der Waals surface area (Å²) in [5.41, 5.74) is 0.684. The van der Waals surface area contributed by atoms with E-state index in [1.54, 1.807) is 4.90 Å². The van der Waals surface area contributed by atoms with Gasteiger partial charge in [0.05, 0.1) is 0 Å². The van der Waals surface area contributed by atoms with E-state index in [0.29, 0.717) is 0 Å². The van der Waals surface area contributed by atoms with Gasteiger partial charge in [-0.3, -0.25) is 4.90 Å². The van der Waals surface area contributed by atoms with Crippen molar-refractivity contribution in [2.75, 3.05) is 6.54 Å². The lowest BCUT2D eigenvalue weighted by Crippen LogP contribution is -2.38. The van der Waals surface area contributed by atoms with Crippen LogP contribution < -0.4 is 0 Å². The molecule has 1 aliphatic rings. The molecule has 0 bridgehead atoms. The fourth-order valence-corrected chi connectivity index (χ4v) is 1.63. The number of carbonyl (C=O) groups excluding carboxylic acids is 1. The van der Waals surface area contributed by atoms with E-state index in [-0.39, 0.29) is 6.09 Å². The predicted octanol–water partition coefficient (Wildman–Crippen LogP) is 3.31. The highest BCUT2D eigenvalue weighted by Gasteiger charge is 2.24. The van der Waals surface area contributed by atoms with E-state index in [4.69, 9.17) is 4.74 Å². The molecule has 0 atom stereocenters. The third kappa shape index (κ3) is 3.57. The fraction of sp³-hybridized carbons (Fsp3) is 0.750. The maximum Gasteiger partial charge on any atom is 0.414 e. The van der Waals surface area contributed by atoms with Crippen LogP contribution in [0.15, 0.2) is 11.8 Å². The van der Waals surface area contributed by atoms with Crippen LogP contribution in [0.3, 0.4) is 0 Å². The van der Waals surface area contributed by atoms with Crippen LogP contribution >= 0.6 is 0 Å². The molecule has 1 aliphatic heterocycles. The lowest BCUT2D eigenvalue weighted by Gasteiger charge is -2.30. The first-order valence-electron chi connectivity index (χ1n) is 5.63. The summed E-state index contributed by atoms with van der Waals surface area (Å²) in [7, 11) is 0. The summed E-state index contributed by atoms with van der Waals surface area (Å²) in [5.74, 6) is 0. The van der Waals surface area contributed by atoms with Gasteiger partial charge in [-0.15, -0.1) is 0 Å². The first-order chi connectivity index (χ1) is 6.94. The first-order valence-corrected chi connectivity index (χ1v) is 5.63. The highest BCUT2D eigenvalue weighted by Crippen LogP contribution is 2.20. The second kappa shape index (κ2) is 4.69. The van der Waals surface area contributed by atoms with Crippen molar-refractivity contribution in [3.63, 3.8) is 0 Å². The van der Waals surface area contributed by atoms with Gasteiger partial charge in [0.15, 0.2) is 0 Å². The molecular weight excluding hydrogens is 190 g/mol. The van der Waals surface area contributed by atoms with Crippen molar-refractivity contribution in [2.24, 2.45) is 0 Å². The lowest BCUT2D eigenvalue weighted by atomic mass is 10.1. The number of allylic oxidation sites excluding steroid dienone is 2. The summed E-state index contributed by atoms with van der Waals surface area (Å²) in [6, 6.07) is 0. The van der Waals surface area contributed by atoms with Crippen molar-refractivity contribution in [3.8, 4) is 0 Å². The SMILES string of the molecule is CCC1=CCCCN1C(=O)OC(C)(C)C. The number of hydrogen-bond donors (Lipinski definition) is 0. The average molecular weight is 211 g/mol. The minimum absolute atomic E-state index is 0.213. The number of carbonyl (C=O) groups is 1. The Morgan fingerprint density at radius 2 is 2.20 bits per heavy atom. The Labute approximate surface area is 92.1 Å². The molecule has 0 aliphatic carbocycles. The van der Waals surface area contributed by atoms with Gasteiger partial charge in [0.1, 0.15) is 5.60 Å². The summed E-state index contributed by atoms with van der Waals surface area (Å²) in [5, 5.41) is 0. The number of hydrogen-bond acceptors (Lipinski definition) is 2. The Balaban J connectivity index is 2.66. The van der Waals surface area contributed by atoms with Crippen LogP contribution in [0.1, 0.15) is 47.0 Å². The minimum Gasteiger partial charge on any atom is -0.443 e. The van der Waals surface area contributed by atoms with Crippen LogP contribution in [0.2, 0.25) is 0 Å². The van der Waals surface area contributed by atoms with Crippen molar-refractivity contribution >= 4 is 6.09 Å². The zero-order valence-electron chi connectivity index (χ0n) is 10.2. The molecular formula is C12H21NO2. The summed E-state index contributed by atoms with van der Waals surface area (Å²) in [6.45, 7) is 8.53. The lowest BCUT2D eigenvalue weighted by molar-refractivity contribution is 0.0298. The topological polar surface area (TPSA) is 29.5 Å². The van der Waals surface area contributed by atoms with Gasteiger partial charge in [0.25, 0.3) is 0 Å². The van der Waals surface area contributed by atoms with Gasteiger partial charge in [-0.05, 0) is 40.0 Å². The summed E-state index contributed by atoms with van der Waals surface area (Å²) < 4.78 is 5.36. The smallest absolute Gasteiger partial charge is 0.414 e. The Morgan fingerprint density at radius 1 is 1.53 bits per heavy atom. The second-order valence-electron chi connectivity index (χ2n) is 4.82. The van der Waals surface area contributed by atoms with E-state index >= 15 is 0 Å². The molecule has 1 amide bonds. The molecule has 86 valence electrons. The van der Waals surface area contributed by atoms with Crippen molar-refractivity contribution in [1.82, 2.24) is 4.90 Å². The molecule has 15 heavy (non-hydrogen) atoms. The van der Waals surface area contributed by atoms with Crippen molar-refractivity contribution in [2.45, 2.75) is 52.6 Å². The van der Waals surface area contributed by atoms with E-state index in [0.717, 1.165) is 31.5 Å². The van der Waals surface area contributed by atoms with Gasteiger partial charge in [-0.25, -0.2) is 4.79 Å². The van der Waals surface area contributed by atoms with E-state index in [1.807, 2.05) is 20.8 Å². The van der Waals surface area contributed by atoms with Gasteiger partial charge in [0.2, 0.25) is 0 Å². The molecule has 0 unspecified atom stereocenters. The van der Waals surface area contributed by atoms with Gasteiger partial charge >= 0.3 is 6.09 Å². The monoisotopic (exact) mass is 211 g/mol. The zero-order valence-corrected chi connectivity index (χ0v) is 10.2. The van der Waals surface area contributed by atoms with Gasteiger partial charge in [-0.2, -0.15) is 0 Å². The van der Waals surface area contributed by atoms with Crippen LogP contribution in [-0.2, 0) is 4.74 Å². The fourth-order valence-electron chi connectivity index (χ4n) is 1.63. The van der Waals surface area contributed by atoms with Crippen LogP contribution in [0.4, 0.5) is 4.79 Å². The maximum atomic E-state index is 11.8. The van der Waals surface area contributed by atoms with Crippen molar-refractivity contribution in [1.29, 1.82) is 0 Å². The van der Waals surface area contributed by atoms with Crippen LogP contribution in [-0.4, -0.2) is 23.1 Å². The van der Waals surface area contributed by atoms with Crippen LogP contribution in [0.5, 0.6) is 0 Å². The third-order valence-corrected chi connectivity index (χ3v) is 2.29. The highest BCUT2D eigenvalue weighted by atomic mass is 16.6. The van der Waals surface area contributed by atoms with Gasteiger partial charge in [0, 0.05) is 12.2 Å². The molecule has 0 aromatic heterocycles. The number of nitrogens with zero attached hydrogens (tertiary/aromatic N) is 1. The Morgan fingerprint density at radius 3 is 2.73 bits per heavy atom. The first kappa shape index (κ1) is 12.1. The maximum absolute atomic E-state index is 11.8. The van der Waals surface area contributed by atoms with Crippen LogP contribution in [0.25, 0.3) is 0 Å². The molecule has 0 aromatic carbocycles. The average Bonchev–Trinajstić information content (AvgIpc) is 2.15. The zero-order chi connectivity index (χ0) is 11.5. The summed E-state index contributed by atoms with van der Waals surface area (Å²) in [4.78, 5) is 13.6. The Hall–Kier alpha value is -0.990. The minimum atomic E-state index is -0.409. The molecule has 0 fully saturated rings. The largest absolute Gasteiger partial charge is 0.443 e. The van der Waals surface area contributed by atoms with Crippen molar-refractivity contribution in [3.05, 3.63) is 11.8 Å². The van der Waals surface area contributed by atoms with Gasteiger partial charge < -0.3 is 4.74 Å². The molecule has 0 spiro atoms. The summed E-state index contributed by atoms with van der Waals surface area (Å²) >= 11 is 0. The molecule has 1 rings (SSSR count). The normalized spacial score (nSPS) is 17.3. The molecule has 1 heterocycles. The predicted molar refractivity (Wildman–Crippen MR) is 60.5 cm³/mol. The van der Waals surface area contributed by atoms with E-state index in [1.165, 1.54) is 0 Å². The van der Waals surface area contributed by atoms with E-state index < -0.39 is 5.60 Å². The van der Waals surface area contributed by atoms with E-state index in [9.17, 15) is 4.79 Å². The Bertz CT molecular complexity index is 263. The summed E-state index contributed by atoms with van der Waals surface area (Å²) in [6.07, 6.45) is 4.91. The second-order valence-corrected chi connectivity index (χ2v) is 4.82. The third-order valence-electron chi connectivity index (χ3n) is 2.29.